The fourth-order valence-electron chi connectivity index (χ4n) is 1.75. The molecule has 0 aliphatic rings. The highest BCUT2D eigenvalue weighted by molar-refractivity contribution is 6.04. The standard InChI is InChI=1S/C15H14FN3O2/c1-10-13(9-17-19(10)2)15(21)18-12-6-5-11(4-3-7-20)14(16)8-12/h5-6,8-9,20H,7H2,1-2H3,(H,18,21). The van der Waals surface area contributed by atoms with Crippen molar-refractivity contribution in [3.8, 4) is 11.8 Å². The van der Waals surface area contributed by atoms with E-state index in [9.17, 15) is 9.18 Å². The normalized spacial score (nSPS) is 9.90. The van der Waals surface area contributed by atoms with Gasteiger partial charge < -0.3 is 10.4 Å². The lowest BCUT2D eigenvalue weighted by Gasteiger charge is -2.05. The number of carbonyl (C=O) groups is 1. The molecule has 0 radical (unpaired) electrons. The Morgan fingerprint density at radius 2 is 2.29 bits per heavy atom. The number of aryl methyl sites for hydroxylation is 1. The van der Waals surface area contributed by atoms with Gasteiger partial charge in [0.2, 0.25) is 0 Å². The molecule has 0 unspecified atom stereocenters. The molecule has 0 spiro atoms. The van der Waals surface area contributed by atoms with Crippen molar-refractivity contribution in [3.63, 3.8) is 0 Å². The van der Waals surface area contributed by atoms with Gasteiger partial charge in [0.25, 0.3) is 5.91 Å². The maximum Gasteiger partial charge on any atom is 0.259 e. The number of aromatic nitrogens is 2. The zero-order chi connectivity index (χ0) is 15.4. The first-order valence-electron chi connectivity index (χ1n) is 6.22. The molecule has 1 amide bonds. The van der Waals surface area contributed by atoms with Gasteiger partial charge in [-0.25, -0.2) is 4.39 Å². The smallest absolute Gasteiger partial charge is 0.259 e. The highest BCUT2D eigenvalue weighted by Gasteiger charge is 2.13. The summed E-state index contributed by atoms with van der Waals surface area (Å²) in [4.78, 5) is 12.1. The first-order valence-corrected chi connectivity index (χ1v) is 6.22. The molecule has 1 aromatic carbocycles. The SMILES string of the molecule is Cc1c(C(=O)Nc2ccc(C#CCO)c(F)c2)cnn1C. The Bertz CT molecular complexity index is 741. The number of halogens is 1. The number of anilines is 1. The second-order valence-electron chi connectivity index (χ2n) is 4.38. The lowest BCUT2D eigenvalue weighted by molar-refractivity contribution is 0.102. The second-order valence-corrected chi connectivity index (χ2v) is 4.38. The molecule has 0 saturated carbocycles. The molecular formula is C15H14FN3O2. The van der Waals surface area contributed by atoms with Crippen LogP contribution in [0.2, 0.25) is 0 Å². The van der Waals surface area contributed by atoms with Gasteiger partial charge in [-0.2, -0.15) is 5.10 Å². The zero-order valence-corrected chi connectivity index (χ0v) is 11.6. The summed E-state index contributed by atoms with van der Waals surface area (Å²) < 4.78 is 15.3. The number of hydrogen-bond acceptors (Lipinski definition) is 3. The van der Waals surface area contributed by atoms with Gasteiger partial charge in [0.15, 0.2) is 0 Å². The minimum Gasteiger partial charge on any atom is -0.384 e. The maximum absolute atomic E-state index is 13.8. The van der Waals surface area contributed by atoms with E-state index in [2.05, 4.69) is 22.3 Å². The van der Waals surface area contributed by atoms with Gasteiger partial charge >= 0.3 is 0 Å². The first-order chi connectivity index (χ1) is 10.0. The molecule has 21 heavy (non-hydrogen) atoms. The van der Waals surface area contributed by atoms with Crippen LogP contribution in [0.5, 0.6) is 0 Å². The Labute approximate surface area is 121 Å². The number of nitrogens with zero attached hydrogens (tertiary/aromatic N) is 2. The molecular weight excluding hydrogens is 273 g/mol. The van der Waals surface area contributed by atoms with Crippen LogP contribution in [0.25, 0.3) is 0 Å². The zero-order valence-electron chi connectivity index (χ0n) is 11.6. The number of nitrogens with one attached hydrogen (secondary N) is 1. The molecule has 1 aromatic heterocycles. The summed E-state index contributed by atoms with van der Waals surface area (Å²) >= 11 is 0. The van der Waals surface area contributed by atoms with E-state index >= 15 is 0 Å². The fraction of sp³-hybridized carbons (Fsp3) is 0.200. The summed E-state index contributed by atoms with van der Waals surface area (Å²) in [5.41, 5.74) is 1.65. The molecule has 0 aliphatic heterocycles. The van der Waals surface area contributed by atoms with E-state index in [1.165, 1.54) is 18.3 Å². The molecule has 0 aliphatic carbocycles. The van der Waals surface area contributed by atoms with E-state index in [0.29, 0.717) is 11.3 Å². The van der Waals surface area contributed by atoms with Gasteiger partial charge in [-0.1, -0.05) is 11.8 Å². The summed E-state index contributed by atoms with van der Waals surface area (Å²) in [7, 11) is 1.74. The van der Waals surface area contributed by atoms with E-state index in [1.807, 2.05) is 0 Å². The van der Waals surface area contributed by atoms with Gasteiger partial charge in [-0.3, -0.25) is 9.48 Å². The summed E-state index contributed by atoms with van der Waals surface area (Å²) in [6.45, 7) is 1.44. The van der Waals surface area contributed by atoms with E-state index in [4.69, 9.17) is 5.11 Å². The minimum absolute atomic E-state index is 0.166. The van der Waals surface area contributed by atoms with Crippen LogP contribution in [0, 0.1) is 24.6 Å². The Hall–Kier alpha value is -2.65. The van der Waals surface area contributed by atoms with Crippen LogP contribution in [-0.4, -0.2) is 27.4 Å². The van der Waals surface area contributed by atoms with Crippen LogP contribution in [0.4, 0.5) is 10.1 Å². The monoisotopic (exact) mass is 287 g/mol. The number of aliphatic hydroxyl groups excluding tert-OH is 1. The molecule has 2 N–H and O–H groups in total. The molecule has 2 aromatic rings. The average Bonchev–Trinajstić information content (AvgIpc) is 2.78. The van der Waals surface area contributed by atoms with Crippen molar-refractivity contribution in [2.75, 3.05) is 11.9 Å². The quantitative estimate of drug-likeness (QED) is 0.822. The molecule has 0 bridgehead atoms. The van der Waals surface area contributed by atoms with Crippen molar-refractivity contribution in [3.05, 3.63) is 47.0 Å². The first kappa shape index (κ1) is 14.8. The van der Waals surface area contributed by atoms with Crippen LogP contribution in [0.15, 0.2) is 24.4 Å². The van der Waals surface area contributed by atoms with Crippen LogP contribution in [0.1, 0.15) is 21.6 Å². The summed E-state index contributed by atoms with van der Waals surface area (Å²) in [5, 5.41) is 15.2. The van der Waals surface area contributed by atoms with Crippen molar-refractivity contribution < 1.29 is 14.3 Å². The van der Waals surface area contributed by atoms with Crippen LogP contribution in [0.3, 0.4) is 0 Å². The van der Waals surface area contributed by atoms with Crippen molar-refractivity contribution in [1.82, 2.24) is 9.78 Å². The highest BCUT2D eigenvalue weighted by Crippen LogP contribution is 2.16. The predicted molar refractivity (Wildman–Crippen MR) is 76.3 cm³/mol. The van der Waals surface area contributed by atoms with E-state index < -0.39 is 5.82 Å². The Morgan fingerprint density at radius 1 is 1.52 bits per heavy atom. The molecule has 0 saturated heterocycles. The molecule has 108 valence electrons. The average molecular weight is 287 g/mol. The molecule has 6 heteroatoms. The van der Waals surface area contributed by atoms with Gasteiger partial charge in [0.05, 0.1) is 17.3 Å². The minimum atomic E-state index is -0.559. The highest BCUT2D eigenvalue weighted by atomic mass is 19.1. The third-order valence-electron chi connectivity index (χ3n) is 3.01. The van der Waals surface area contributed by atoms with Gasteiger partial charge in [0, 0.05) is 18.4 Å². The Morgan fingerprint density at radius 3 is 2.86 bits per heavy atom. The molecule has 2 rings (SSSR count). The third kappa shape index (κ3) is 3.27. The predicted octanol–water partition coefficient (Wildman–Crippen LogP) is 1.46. The number of aliphatic hydroxyl groups is 1. The maximum atomic E-state index is 13.8. The van der Waals surface area contributed by atoms with Crippen LogP contribution < -0.4 is 5.32 Å². The van der Waals surface area contributed by atoms with E-state index in [1.54, 1.807) is 24.7 Å². The number of amides is 1. The molecule has 1 heterocycles. The van der Waals surface area contributed by atoms with Crippen molar-refractivity contribution in [2.45, 2.75) is 6.92 Å². The number of benzene rings is 1. The van der Waals surface area contributed by atoms with Gasteiger partial charge in [0.1, 0.15) is 12.4 Å². The summed E-state index contributed by atoms with van der Waals surface area (Å²) in [6, 6.07) is 4.18. The second kappa shape index (κ2) is 6.20. The lowest BCUT2D eigenvalue weighted by atomic mass is 10.2. The molecule has 0 fully saturated rings. The van der Waals surface area contributed by atoms with Gasteiger partial charge in [-0.15, -0.1) is 0 Å². The number of carbonyl (C=O) groups excluding carboxylic acids is 1. The van der Waals surface area contributed by atoms with E-state index in [-0.39, 0.29) is 18.1 Å². The van der Waals surface area contributed by atoms with Crippen molar-refractivity contribution in [2.24, 2.45) is 7.05 Å². The molecule has 0 atom stereocenters. The van der Waals surface area contributed by atoms with Gasteiger partial charge in [-0.05, 0) is 25.1 Å². The largest absolute Gasteiger partial charge is 0.384 e. The Balaban J connectivity index is 2.19. The number of rotatable bonds is 2. The number of hydrogen-bond donors (Lipinski definition) is 2. The topological polar surface area (TPSA) is 67.2 Å². The van der Waals surface area contributed by atoms with E-state index in [0.717, 1.165) is 5.69 Å². The third-order valence-corrected chi connectivity index (χ3v) is 3.01. The van der Waals surface area contributed by atoms with Crippen molar-refractivity contribution in [1.29, 1.82) is 0 Å². The fourth-order valence-corrected chi connectivity index (χ4v) is 1.75. The van der Waals surface area contributed by atoms with Crippen molar-refractivity contribution >= 4 is 11.6 Å². The molecule has 5 nitrogen and oxygen atoms in total. The van der Waals surface area contributed by atoms with Crippen LogP contribution in [-0.2, 0) is 7.05 Å². The lowest BCUT2D eigenvalue weighted by Crippen LogP contribution is -2.13. The summed E-state index contributed by atoms with van der Waals surface area (Å²) in [5.74, 6) is 3.94. The summed E-state index contributed by atoms with van der Waals surface area (Å²) in [6.07, 6.45) is 1.46. The van der Waals surface area contributed by atoms with Crippen LogP contribution >= 0.6 is 0 Å². The Kier molecular flexibility index (Phi) is 4.36.